The van der Waals surface area contributed by atoms with Crippen LogP contribution in [0.25, 0.3) is 0 Å². The topological polar surface area (TPSA) is 64.7 Å². The molecule has 0 amide bonds. The molecule has 3 N–H and O–H groups in total. The fourth-order valence-corrected chi connectivity index (χ4v) is 0.593. The van der Waals surface area contributed by atoms with Crippen LogP contribution in [-0.4, -0.2) is 44.7 Å². The number of hydrogen-bond donors (Lipinski definition) is 2. The Bertz CT molecular complexity index is 80.1. The molecule has 0 aliphatic carbocycles. The van der Waals surface area contributed by atoms with E-state index in [1.807, 2.05) is 0 Å². The number of aliphatic hydroxyl groups is 1. The first-order valence-corrected chi connectivity index (χ1v) is 3.76. The minimum Gasteiger partial charge on any atom is -0.389 e. The minimum atomic E-state index is -0.530. The average Bonchev–Trinajstić information content (AvgIpc) is 2.04. The summed E-state index contributed by atoms with van der Waals surface area (Å²) < 4.78 is 9.89. The molecule has 11 heavy (non-hydrogen) atoms. The molecule has 4 nitrogen and oxygen atoms in total. The normalized spacial score (nSPS) is 13.4. The van der Waals surface area contributed by atoms with Gasteiger partial charge in [-0.2, -0.15) is 0 Å². The lowest BCUT2D eigenvalue weighted by Crippen LogP contribution is -2.25. The molecule has 0 aromatic heterocycles. The third kappa shape index (κ3) is 7.74. The van der Waals surface area contributed by atoms with Crippen LogP contribution in [0.1, 0.15) is 6.42 Å². The second kappa shape index (κ2) is 7.94. The van der Waals surface area contributed by atoms with Gasteiger partial charge in [0.05, 0.1) is 12.7 Å². The lowest BCUT2D eigenvalue weighted by molar-refractivity contribution is 0.0327. The van der Waals surface area contributed by atoms with E-state index in [2.05, 4.69) is 0 Å². The van der Waals surface area contributed by atoms with Crippen molar-refractivity contribution in [1.82, 2.24) is 0 Å². The van der Waals surface area contributed by atoms with Crippen molar-refractivity contribution in [2.24, 2.45) is 5.73 Å². The molecule has 1 atom stereocenters. The van der Waals surface area contributed by atoms with Gasteiger partial charge in [0, 0.05) is 26.9 Å². The lowest BCUT2D eigenvalue weighted by atomic mass is 10.4. The fraction of sp³-hybridized carbons (Fsp3) is 1.00. The Hall–Kier alpha value is -0.160. The van der Waals surface area contributed by atoms with Crippen LogP contribution < -0.4 is 5.73 Å². The van der Waals surface area contributed by atoms with E-state index in [4.69, 9.17) is 20.3 Å². The SMILES string of the molecule is COCCCOCC(O)CN. The molecule has 0 rings (SSSR count). The van der Waals surface area contributed by atoms with Gasteiger partial charge in [-0.3, -0.25) is 0 Å². The summed E-state index contributed by atoms with van der Waals surface area (Å²) in [5.41, 5.74) is 5.16. The molecule has 4 heteroatoms. The van der Waals surface area contributed by atoms with Gasteiger partial charge in [0.15, 0.2) is 0 Å². The van der Waals surface area contributed by atoms with Crippen LogP contribution >= 0.6 is 0 Å². The fourth-order valence-electron chi connectivity index (χ4n) is 0.593. The van der Waals surface area contributed by atoms with Crippen molar-refractivity contribution in [3.8, 4) is 0 Å². The summed E-state index contributed by atoms with van der Waals surface area (Å²) in [4.78, 5) is 0. The van der Waals surface area contributed by atoms with Crippen LogP contribution in [0.15, 0.2) is 0 Å². The van der Waals surface area contributed by atoms with E-state index < -0.39 is 6.10 Å². The molecule has 0 aliphatic heterocycles. The Balaban J connectivity index is 2.89. The molecule has 0 radical (unpaired) electrons. The molecule has 0 fully saturated rings. The first-order valence-electron chi connectivity index (χ1n) is 3.76. The number of nitrogens with two attached hydrogens (primary N) is 1. The Morgan fingerprint density at radius 3 is 2.73 bits per heavy atom. The third-order valence-corrected chi connectivity index (χ3v) is 1.22. The highest BCUT2D eigenvalue weighted by atomic mass is 16.5. The van der Waals surface area contributed by atoms with Crippen LogP contribution in [0.4, 0.5) is 0 Å². The minimum absolute atomic E-state index is 0.254. The van der Waals surface area contributed by atoms with Crippen LogP contribution in [0, 0.1) is 0 Å². The van der Waals surface area contributed by atoms with Crippen molar-refractivity contribution >= 4 is 0 Å². The van der Waals surface area contributed by atoms with Gasteiger partial charge in [-0.15, -0.1) is 0 Å². The second-order valence-electron chi connectivity index (χ2n) is 2.31. The summed E-state index contributed by atoms with van der Waals surface area (Å²) in [5, 5.41) is 8.93. The average molecular weight is 163 g/mol. The molecular formula is C7H17NO3. The summed E-state index contributed by atoms with van der Waals surface area (Å²) in [7, 11) is 1.65. The Kier molecular flexibility index (Phi) is 7.83. The van der Waals surface area contributed by atoms with E-state index in [1.165, 1.54) is 0 Å². The molecule has 1 unspecified atom stereocenters. The van der Waals surface area contributed by atoms with Crippen molar-refractivity contribution in [2.75, 3.05) is 33.5 Å². The summed E-state index contributed by atoms with van der Waals surface area (Å²) in [6, 6.07) is 0. The number of methoxy groups -OCH3 is 1. The van der Waals surface area contributed by atoms with Gasteiger partial charge < -0.3 is 20.3 Å². The Labute approximate surface area is 67.3 Å². The first kappa shape index (κ1) is 10.8. The molecule has 0 saturated heterocycles. The van der Waals surface area contributed by atoms with E-state index >= 15 is 0 Å². The van der Waals surface area contributed by atoms with E-state index in [-0.39, 0.29) is 6.54 Å². The predicted molar refractivity (Wildman–Crippen MR) is 42.4 cm³/mol. The zero-order chi connectivity index (χ0) is 8.53. The van der Waals surface area contributed by atoms with Crippen molar-refractivity contribution in [3.05, 3.63) is 0 Å². The van der Waals surface area contributed by atoms with Gasteiger partial charge in [-0.25, -0.2) is 0 Å². The smallest absolute Gasteiger partial charge is 0.0895 e. The van der Waals surface area contributed by atoms with E-state index in [9.17, 15) is 0 Å². The number of ether oxygens (including phenoxy) is 2. The predicted octanol–water partition coefficient (Wildman–Crippen LogP) is -0.641. The molecule has 68 valence electrons. The summed E-state index contributed by atoms with van der Waals surface area (Å²) >= 11 is 0. The van der Waals surface area contributed by atoms with Crippen molar-refractivity contribution in [2.45, 2.75) is 12.5 Å². The highest BCUT2D eigenvalue weighted by Gasteiger charge is 1.98. The zero-order valence-corrected chi connectivity index (χ0v) is 6.95. The number of aliphatic hydroxyl groups excluding tert-OH is 1. The maximum atomic E-state index is 8.93. The van der Waals surface area contributed by atoms with E-state index in [0.29, 0.717) is 19.8 Å². The Morgan fingerprint density at radius 1 is 1.45 bits per heavy atom. The van der Waals surface area contributed by atoms with E-state index in [0.717, 1.165) is 6.42 Å². The molecule has 0 saturated carbocycles. The van der Waals surface area contributed by atoms with Gasteiger partial charge in [0.25, 0.3) is 0 Å². The second-order valence-corrected chi connectivity index (χ2v) is 2.31. The van der Waals surface area contributed by atoms with Crippen LogP contribution in [0.3, 0.4) is 0 Å². The zero-order valence-electron chi connectivity index (χ0n) is 6.95. The van der Waals surface area contributed by atoms with Crippen molar-refractivity contribution in [1.29, 1.82) is 0 Å². The van der Waals surface area contributed by atoms with Crippen LogP contribution in [0.5, 0.6) is 0 Å². The maximum absolute atomic E-state index is 8.93. The summed E-state index contributed by atoms with van der Waals surface area (Å²) in [6.45, 7) is 1.88. The lowest BCUT2D eigenvalue weighted by Gasteiger charge is -2.07. The van der Waals surface area contributed by atoms with Gasteiger partial charge in [0.2, 0.25) is 0 Å². The quantitative estimate of drug-likeness (QED) is 0.490. The molecular weight excluding hydrogens is 146 g/mol. The number of hydrogen-bond acceptors (Lipinski definition) is 4. The molecule has 0 aromatic carbocycles. The highest BCUT2D eigenvalue weighted by molar-refractivity contribution is 4.51. The van der Waals surface area contributed by atoms with Crippen LogP contribution in [0.2, 0.25) is 0 Å². The summed E-state index contributed by atoms with van der Waals surface area (Å²) in [5.74, 6) is 0. The standard InChI is InChI=1S/C7H17NO3/c1-10-3-2-4-11-6-7(9)5-8/h7,9H,2-6,8H2,1H3. The molecule has 0 aliphatic rings. The van der Waals surface area contributed by atoms with Gasteiger partial charge in [0.1, 0.15) is 0 Å². The van der Waals surface area contributed by atoms with Crippen molar-refractivity contribution in [3.63, 3.8) is 0 Å². The van der Waals surface area contributed by atoms with Gasteiger partial charge in [-0.05, 0) is 6.42 Å². The molecule has 0 heterocycles. The molecule has 0 bridgehead atoms. The number of rotatable bonds is 7. The van der Waals surface area contributed by atoms with Gasteiger partial charge in [-0.1, -0.05) is 0 Å². The monoisotopic (exact) mass is 163 g/mol. The summed E-state index contributed by atoms with van der Waals surface area (Å²) in [6.07, 6.45) is 0.325. The van der Waals surface area contributed by atoms with Crippen molar-refractivity contribution < 1.29 is 14.6 Å². The largest absolute Gasteiger partial charge is 0.389 e. The third-order valence-electron chi connectivity index (χ3n) is 1.22. The Morgan fingerprint density at radius 2 is 2.18 bits per heavy atom. The first-order chi connectivity index (χ1) is 5.31. The molecule has 0 spiro atoms. The highest BCUT2D eigenvalue weighted by Crippen LogP contribution is 1.86. The van der Waals surface area contributed by atoms with Gasteiger partial charge >= 0.3 is 0 Å². The molecule has 0 aromatic rings. The van der Waals surface area contributed by atoms with Crippen LogP contribution in [-0.2, 0) is 9.47 Å². The van der Waals surface area contributed by atoms with E-state index in [1.54, 1.807) is 7.11 Å². The maximum Gasteiger partial charge on any atom is 0.0895 e.